The Morgan fingerprint density at radius 1 is 1.00 bits per heavy atom. The molecule has 39 heavy (non-hydrogen) atoms. The first kappa shape index (κ1) is 23.2. The third-order valence-electron chi connectivity index (χ3n) is 7.53. The van der Waals surface area contributed by atoms with Gasteiger partial charge in [0, 0.05) is 64.5 Å². The molecule has 1 fully saturated rings. The summed E-state index contributed by atoms with van der Waals surface area (Å²) < 4.78 is 0. The van der Waals surface area contributed by atoms with Gasteiger partial charge in [-0.1, -0.05) is 30.7 Å². The van der Waals surface area contributed by atoms with Crippen molar-refractivity contribution in [3.63, 3.8) is 0 Å². The van der Waals surface area contributed by atoms with Crippen molar-refractivity contribution in [1.82, 2.24) is 30.5 Å². The lowest BCUT2D eigenvalue weighted by molar-refractivity contribution is -0.122. The second-order valence-corrected chi connectivity index (χ2v) is 10.0. The van der Waals surface area contributed by atoms with Crippen LogP contribution in [0, 0.1) is 5.92 Å². The van der Waals surface area contributed by atoms with E-state index >= 15 is 0 Å². The number of rotatable bonds is 5. The number of nitrogens with zero attached hydrogens (tertiary/aromatic N) is 3. The number of allylic oxidation sites excluding steroid dienone is 1. The number of pyridine rings is 2. The zero-order valence-corrected chi connectivity index (χ0v) is 21.2. The first-order valence-corrected chi connectivity index (χ1v) is 13.2. The van der Waals surface area contributed by atoms with Gasteiger partial charge in [0.15, 0.2) is 0 Å². The first-order chi connectivity index (χ1) is 19.2. The van der Waals surface area contributed by atoms with Gasteiger partial charge in [-0.15, -0.1) is 0 Å². The van der Waals surface area contributed by atoms with E-state index in [1.165, 1.54) is 0 Å². The van der Waals surface area contributed by atoms with Crippen molar-refractivity contribution in [2.75, 3.05) is 11.9 Å². The SMILES string of the molecule is O=C(Nc1cncc(C2=C\CNC=c3[nH]nc(-c4cc5c(-c6cccnc6)cccc5[nH]4)\c3=C\2)c1)C1CCC1. The summed E-state index contributed by atoms with van der Waals surface area (Å²) >= 11 is 0. The number of nitrogens with one attached hydrogen (secondary N) is 4. The Labute approximate surface area is 224 Å². The van der Waals surface area contributed by atoms with E-state index in [1.54, 1.807) is 12.4 Å². The molecular formula is C31H27N7O. The Bertz CT molecular complexity index is 1840. The minimum Gasteiger partial charge on any atom is -0.386 e. The zero-order valence-electron chi connectivity index (χ0n) is 21.2. The van der Waals surface area contributed by atoms with E-state index in [4.69, 9.17) is 5.10 Å². The van der Waals surface area contributed by atoms with Crippen LogP contribution in [-0.4, -0.2) is 37.6 Å². The van der Waals surface area contributed by atoms with Crippen molar-refractivity contribution in [1.29, 1.82) is 0 Å². The van der Waals surface area contributed by atoms with Gasteiger partial charge in [-0.05, 0) is 54.3 Å². The first-order valence-electron chi connectivity index (χ1n) is 13.2. The van der Waals surface area contributed by atoms with Gasteiger partial charge in [0.1, 0.15) is 5.69 Å². The molecule has 0 spiro atoms. The fourth-order valence-electron chi connectivity index (χ4n) is 5.21. The van der Waals surface area contributed by atoms with Crippen LogP contribution in [0.4, 0.5) is 5.69 Å². The van der Waals surface area contributed by atoms with Crippen LogP contribution in [0.2, 0.25) is 0 Å². The minimum absolute atomic E-state index is 0.0796. The molecule has 1 amide bonds. The molecule has 0 radical (unpaired) electrons. The molecule has 1 aromatic carbocycles. The maximum absolute atomic E-state index is 12.5. The molecule has 4 N–H and O–H groups in total. The molecule has 5 aromatic rings. The lowest BCUT2D eigenvalue weighted by Gasteiger charge is -2.24. The predicted molar refractivity (Wildman–Crippen MR) is 153 cm³/mol. The second-order valence-electron chi connectivity index (χ2n) is 10.0. The Balaban J connectivity index is 1.29. The summed E-state index contributed by atoms with van der Waals surface area (Å²) in [6.45, 7) is 0.652. The summed E-state index contributed by atoms with van der Waals surface area (Å²) in [5, 5.41) is 17.2. The van der Waals surface area contributed by atoms with E-state index in [0.717, 1.165) is 74.4 Å². The van der Waals surface area contributed by atoms with Crippen molar-refractivity contribution in [3.8, 4) is 22.5 Å². The number of aromatic nitrogens is 5. The van der Waals surface area contributed by atoms with Crippen molar-refractivity contribution < 1.29 is 4.79 Å². The number of benzene rings is 1. The number of hydrogen-bond acceptors (Lipinski definition) is 5. The number of amides is 1. The molecule has 0 bridgehead atoms. The molecular weight excluding hydrogens is 486 g/mol. The number of carbonyl (C=O) groups is 1. The molecule has 7 rings (SSSR count). The summed E-state index contributed by atoms with van der Waals surface area (Å²) in [6.07, 6.45) is 16.5. The highest BCUT2D eigenvalue weighted by Gasteiger charge is 2.25. The van der Waals surface area contributed by atoms with Crippen molar-refractivity contribution in [2.45, 2.75) is 19.3 Å². The summed E-state index contributed by atoms with van der Waals surface area (Å²) in [7, 11) is 0. The summed E-state index contributed by atoms with van der Waals surface area (Å²) in [6, 6.07) is 14.4. The predicted octanol–water partition coefficient (Wildman–Crippen LogP) is 3.96. The molecule has 1 aliphatic heterocycles. The van der Waals surface area contributed by atoms with E-state index in [1.807, 2.05) is 30.7 Å². The average Bonchev–Trinajstić information content (AvgIpc) is 3.51. The van der Waals surface area contributed by atoms with Crippen LogP contribution in [0.3, 0.4) is 0 Å². The van der Waals surface area contributed by atoms with Crippen LogP contribution in [0.1, 0.15) is 24.8 Å². The Hall–Kier alpha value is -4.98. The lowest BCUT2D eigenvalue weighted by Crippen LogP contribution is -2.29. The van der Waals surface area contributed by atoms with Crippen molar-refractivity contribution in [3.05, 3.63) is 89.5 Å². The normalized spacial score (nSPS) is 17.2. The van der Waals surface area contributed by atoms with Gasteiger partial charge in [-0.25, -0.2) is 0 Å². The quantitative estimate of drug-likeness (QED) is 0.284. The number of carbonyl (C=O) groups excluding carboxylic acids is 1. The van der Waals surface area contributed by atoms with Crippen LogP contribution in [0.5, 0.6) is 0 Å². The fraction of sp³-hybridized carbons (Fsp3) is 0.161. The topological polar surface area (TPSA) is 111 Å². The standard InChI is InChI=1S/C31H27N7O/c39-31(19-4-1-5-19)35-23-12-22(16-34-17-23)20-9-11-33-18-29-26(13-20)30(38-37-29)28-14-25-24(7-2-8-27(25)36-28)21-6-3-10-32-15-21/h2-3,6-10,12-19,33,36-37H,1,4-5,11H2,(H,35,39)/b20-9-,26-13+,29-18?. The third-order valence-corrected chi connectivity index (χ3v) is 7.53. The monoisotopic (exact) mass is 513 g/mol. The molecule has 2 aliphatic rings. The molecule has 8 nitrogen and oxygen atoms in total. The smallest absolute Gasteiger partial charge is 0.227 e. The highest BCUT2D eigenvalue weighted by molar-refractivity contribution is 5.98. The van der Waals surface area contributed by atoms with Gasteiger partial charge >= 0.3 is 0 Å². The second kappa shape index (κ2) is 9.72. The largest absolute Gasteiger partial charge is 0.386 e. The van der Waals surface area contributed by atoms with E-state index in [2.05, 4.69) is 73.2 Å². The average molecular weight is 514 g/mol. The van der Waals surface area contributed by atoms with E-state index in [9.17, 15) is 4.79 Å². The molecule has 192 valence electrons. The van der Waals surface area contributed by atoms with Gasteiger partial charge in [0.2, 0.25) is 5.91 Å². The van der Waals surface area contributed by atoms with Crippen LogP contribution in [-0.2, 0) is 4.79 Å². The maximum Gasteiger partial charge on any atom is 0.227 e. The Morgan fingerprint density at radius 3 is 2.77 bits per heavy atom. The van der Waals surface area contributed by atoms with E-state index < -0.39 is 0 Å². The van der Waals surface area contributed by atoms with Crippen molar-refractivity contribution >= 4 is 40.3 Å². The number of fused-ring (bicyclic) bond motifs is 2. The Morgan fingerprint density at radius 2 is 1.92 bits per heavy atom. The highest BCUT2D eigenvalue weighted by atomic mass is 16.1. The highest BCUT2D eigenvalue weighted by Crippen LogP contribution is 2.31. The molecule has 1 saturated carbocycles. The van der Waals surface area contributed by atoms with Gasteiger partial charge < -0.3 is 15.6 Å². The van der Waals surface area contributed by atoms with Crippen LogP contribution < -0.4 is 21.2 Å². The zero-order chi connectivity index (χ0) is 26.2. The number of aromatic amines is 2. The maximum atomic E-state index is 12.5. The Kier molecular flexibility index (Phi) is 5.77. The number of anilines is 1. The molecule has 1 aliphatic carbocycles. The van der Waals surface area contributed by atoms with Crippen LogP contribution in [0.15, 0.2) is 73.3 Å². The minimum atomic E-state index is 0.0796. The number of hydrogen-bond donors (Lipinski definition) is 4. The van der Waals surface area contributed by atoms with Crippen molar-refractivity contribution in [2.24, 2.45) is 5.92 Å². The van der Waals surface area contributed by atoms with Gasteiger partial charge in [-0.3, -0.25) is 19.9 Å². The summed E-state index contributed by atoms with van der Waals surface area (Å²) in [4.78, 5) is 24.8. The molecule has 0 unspecified atom stereocenters. The van der Waals surface area contributed by atoms with Gasteiger partial charge in [0.25, 0.3) is 0 Å². The van der Waals surface area contributed by atoms with Crippen LogP contribution in [0.25, 0.3) is 51.3 Å². The third kappa shape index (κ3) is 4.40. The van der Waals surface area contributed by atoms with Gasteiger partial charge in [-0.2, -0.15) is 5.10 Å². The van der Waals surface area contributed by atoms with Gasteiger partial charge in [0.05, 0.1) is 22.9 Å². The van der Waals surface area contributed by atoms with Crippen LogP contribution >= 0.6 is 0 Å². The van der Waals surface area contributed by atoms with E-state index in [0.29, 0.717) is 12.2 Å². The van der Waals surface area contributed by atoms with E-state index in [-0.39, 0.29) is 11.8 Å². The lowest BCUT2D eigenvalue weighted by atomic mass is 9.85. The summed E-state index contributed by atoms with van der Waals surface area (Å²) in [5.41, 5.74) is 7.60. The molecule has 0 saturated heterocycles. The summed E-state index contributed by atoms with van der Waals surface area (Å²) in [5.74, 6) is 0.197. The fourth-order valence-corrected chi connectivity index (χ4v) is 5.21. The number of H-pyrrole nitrogens is 2. The molecule has 5 heterocycles. The molecule has 8 heteroatoms. The molecule has 4 aromatic heterocycles. The molecule has 0 atom stereocenters.